The number of aromatic nitrogens is 5. The molecule has 0 radical (unpaired) electrons. The number of para-hydroxylation sites is 1. The first-order chi connectivity index (χ1) is 12.3. The van der Waals surface area contributed by atoms with Gasteiger partial charge in [0.05, 0.1) is 12.2 Å². The number of nitrogens with zero attached hydrogens (tertiary/aromatic N) is 5. The molecule has 1 aromatic carbocycles. The minimum Gasteiger partial charge on any atom is -0.370 e. The van der Waals surface area contributed by atoms with Crippen LogP contribution in [0.25, 0.3) is 5.69 Å². The number of aryl methyl sites for hydroxylation is 1. The third-order valence-corrected chi connectivity index (χ3v) is 4.64. The third-order valence-electron chi connectivity index (χ3n) is 4.64. The quantitative estimate of drug-likeness (QED) is 0.743. The third kappa shape index (κ3) is 3.33. The van der Waals surface area contributed by atoms with Crippen molar-refractivity contribution in [1.82, 2.24) is 29.6 Å². The molecule has 1 N–H and O–H groups in total. The lowest BCUT2D eigenvalue weighted by Crippen LogP contribution is -2.27. The summed E-state index contributed by atoms with van der Waals surface area (Å²) in [6, 6.07) is 10.1. The van der Waals surface area contributed by atoms with Gasteiger partial charge in [-0.15, -0.1) is 0 Å². The summed E-state index contributed by atoms with van der Waals surface area (Å²) >= 11 is 0. The summed E-state index contributed by atoms with van der Waals surface area (Å²) in [5.41, 5.74) is 1.02. The van der Waals surface area contributed by atoms with Gasteiger partial charge in [0.25, 0.3) is 0 Å². The van der Waals surface area contributed by atoms with Crippen molar-refractivity contribution in [3.8, 4) is 5.69 Å². The van der Waals surface area contributed by atoms with Gasteiger partial charge in [0.1, 0.15) is 24.1 Å². The lowest BCUT2D eigenvalue weighted by atomic mass is 10.0. The van der Waals surface area contributed by atoms with Gasteiger partial charge in [-0.2, -0.15) is 5.10 Å². The van der Waals surface area contributed by atoms with Crippen molar-refractivity contribution < 1.29 is 4.74 Å². The average molecular weight is 338 g/mol. The van der Waals surface area contributed by atoms with Crippen molar-refractivity contribution in [3.63, 3.8) is 0 Å². The molecular weight excluding hydrogens is 316 g/mol. The molecule has 0 saturated carbocycles. The van der Waals surface area contributed by atoms with Crippen molar-refractivity contribution in [2.75, 3.05) is 13.2 Å². The van der Waals surface area contributed by atoms with Crippen LogP contribution in [-0.2, 0) is 18.3 Å². The second-order valence-electron chi connectivity index (χ2n) is 6.29. The summed E-state index contributed by atoms with van der Waals surface area (Å²) in [6.45, 7) is 2.31. The molecule has 0 spiro atoms. The molecule has 1 aliphatic rings. The van der Waals surface area contributed by atoms with Crippen LogP contribution in [0.5, 0.6) is 0 Å². The molecular formula is C18H22N6O. The Morgan fingerprint density at radius 2 is 2.12 bits per heavy atom. The SMILES string of the molecule is Cn1ccnc1[C@@H]1OCC[C@H]1CNCc1ncnn1-c1ccccc1. The van der Waals surface area contributed by atoms with E-state index in [0.29, 0.717) is 12.5 Å². The van der Waals surface area contributed by atoms with E-state index in [-0.39, 0.29) is 6.10 Å². The topological polar surface area (TPSA) is 69.8 Å². The van der Waals surface area contributed by atoms with Crippen LogP contribution in [0.15, 0.2) is 49.1 Å². The Bertz CT molecular complexity index is 812. The Balaban J connectivity index is 1.39. The summed E-state index contributed by atoms with van der Waals surface area (Å²) in [5, 5.41) is 7.84. The summed E-state index contributed by atoms with van der Waals surface area (Å²) in [5.74, 6) is 2.31. The molecule has 1 fully saturated rings. The maximum Gasteiger partial charge on any atom is 0.146 e. The van der Waals surface area contributed by atoms with Crippen LogP contribution in [0, 0.1) is 5.92 Å². The van der Waals surface area contributed by atoms with Gasteiger partial charge in [0.2, 0.25) is 0 Å². The molecule has 0 unspecified atom stereocenters. The van der Waals surface area contributed by atoms with Gasteiger partial charge in [-0.05, 0) is 18.6 Å². The largest absolute Gasteiger partial charge is 0.370 e. The Morgan fingerprint density at radius 3 is 2.92 bits per heavy atom. The lowest BCUT2D eigenvalue weighted by molar-refractivity contribution is 0.0810. The number of rotatable bonds is 6. The highest BCUT2D eigenvalue weighted by atomic mass is 16.5. The van der Waals surface area contributed by atoms with E-state index in [2.05, 4.69) is 20.4 Å². The van der Waals surface area contributed by atoms with E-state index in [0.717, 1.165) is 36.9 Å². The number of ether oxygens (including phenoxy) is 1. The van der Waals surface area contributed by atoms with Gasteiger partial charge in [-0.25, -0.2) is 14.6 Å². The predicted octanol–water partition coefficient (Wildman–Crippen LogP) is 1.87. The fraction of sp³-hybridized carbons (Fsp3) is 0.389. The molecule has 0 amide bonds. The standard InChI is InChI=1S/C18H22N6O/c1-23-9-8-20-18(23)17-14(7-10-25-17)11-19-12-16-21-13-22-24(16)15-5-3-2-4-6-15/h2-6,8-9,13-14,17,19H,7,10-12H2,1H3/t14-,17+/m0/s1. The number of hydrogen-bond donors (Lipinski definition) is 1. The Hall–Kier alpha value is -2.51. The molecule has 7 heteroatoms. The number of imidazole rings is 1. The molecule has 25 heavy (non-hydrogen) atoms. The minimum absolute atomic E-state index is 0.0551. The normalized spacial score (nSPS) is 20.2. The van der Waals surface area contributed by atoms with E-state index in [1.807, 2.05) is 59.0 Å². The van der Waals surface area contributed by atoms with Crippen LogP contribution in [0.3, 0.4) is 0 Å². The van der Waals surface area contributed by atoms with E-state index in [1.165, 1.54) is 0 Å². The van der Waals surface area contributed by atoms with Crippen molar-refractivity contribution in [3.05, 3.63) is 60.7 Å². The highest BCUT2D eigenvalue weighted by molar-refractivity contribution is 5.30. The first-order valence-corrected chi connectivity index (χ1v) is 8.57. The molecule has 1 aliphatic heterocycles. The fourth-order valence-corrected chi connectivity index (χ4v) is 3.32. The first kappa shape index (κ1) is 16.0. The van der Waals surface area contributed by atoms with Gasteiger partial charge in [-0.1, -0.05) is 18.2 Å². The Labute approximate surface area is 146 Å². The van der Waals surface area contributed by atoms with E-state index >= 15 is 0 Å². The zero-order valence-corrected chi connectivity index (χ0v) is 14.2. The van der Waals surface area contributed by atoms with E-state index < -0.39 is 0 Å². The summed E-state index contributed by atoms with van der Waals surface area (Å²) in [6.07, 6.45) is 6.47. The summed E-state index contributed by atoms with van der Waals surface area (Å²) < 4.78 is 9.82. The monoisotopic (exact) mass is 338 g/mol. The maximum atomic E-state index is 5.92. The van der Waals surface area contributed by atoms with Crippen LogP contribution in [-0.4, -0.2) is 37.5 Å². The average Bonchev–Trinajstić information content (AvgIpc) is 3.36. The molecule has 0 aliphatic carbocycles. The number of nitrogens with one attached hydrogen (secondary N) is 1. The van der Waals surface area contributed by atoms with Gasteiger partial charge < -0.3 is 14.6 Å². The second kappa shape index (κ2) is 7.16. The van der Waals surface area contributed by atoms with Gasteiger partial charge in [0, 0.05) is 38.5 Å². The molecule has 2 aromatic heterocycles. The zero-order chi connectivity index (χ0) is 17.1. The van der Waals surface area contributed by atoms with Crippen molar-refractivity contribution in [2.45, 2.75) is 19.1 Å². The molecule has 3 heterocycles. The van der Waals surface area contributed by atoms with Crippen LogP contribution in [0.1, 0.15) is 24.2 Å². The summed E-state index contributed by atoms with van der Waals surface area (Å²) in [7, 11) is 2.01. The Morgan fingerprint density at radius 1 is 1.24 bits per heavy atom. The fourth-order valence-electron chi connectivity index (χ4n) is 3.32. The van der Waals surface area contributed by atoms with Crippen LogP contribution < -0.4 is 5.32 Å². The maximum absolute atomic E-state index is 5.92. The Kier molecular flexibility index (Phi) is 4.58. The summed E-state index contributed by atoms with van der Waals surface area (Å²) in [4.78, 5) is 8.82. The molecule has 130 valence electrons. The smallest absolute Gasteiger partial charge is 0.146 e. The second-order valence-corrected chi connectivity index (χ2v) is 6.29. The molecule has 3 aromatic rings. The van der Waals surface area contributed by atoms with Crippen LogP contribution in [0.2, 0.25) is 0 Å². The highest BCUT2D eigenvalue weighted by Crippen LogP contribution is 2.32. The van der Waals surface area contributed by atoms with Crippen LogP contribution >= 0.6 is 0 Å². The first-order valence-electron chi connectivity index (χ1n) is 8.57. The molecule has 2 atom stereocenters. The molecule has 7 nitrogen and oxygen atoms in total. The van der Waals surface area contributed by atoms with E-state index in [1.54, 1.807) is 6.33 Å². The van der Waals surface area contributed by atoms with E-state index in [4.69, 9.17) is 4.74 Å². The zero-order valence-electron chi connectivity index (χ0n) is 14.2. The van der Waals surface area contributed by atoms with Gasteiger partial charge in [-0.3, -0.25) is 0 Å². The minimum atomic E-state index is 0.0551. The van der Waals surface area contributed by atoms with Crippen molar-refractivity contribution in [1.29, 1.82) is 0 Å². The van der Waals surface area contributed by atoms with E-state index in [9.17, 15) is 0 Å². The van der Waals surface area contributed by atoms with Crippen molar-refractivity contribution in [2.24, 2.45) is 13.0 Å². The van der Waals surface area contributed by atoms with Crippen LogP contribution in [0.4, 0.5) is 0 Å². The molecule has 4 rings (SSSR count). The molecule has 1 saturated heterocycles. The number of hydrogen-bond acceptors (Lipinski definition) is 5. The lowest BCUT2D eigenvalue weighted by Gasteiger charge is -2.18. The van der Waals surface area contributed by atoms with Gasteiger partial charge >= 0.3 is 0 Å². The van der Waals surface area contributed by atoms with Gasteiger partial charge in [0.15, 0.2) is 0 Å². The molecule has 0 bridgehead atoms. The highest BCUT2D eigenvalue weighted by Gasteiger charge is 2.32. The predicted molar refractivity (Wildman–Crippen MR) is 93.1 cm³/mol. The number of benzene rings is 1. The van der Waals surface area contributed by atoms with Crippen molar-refractivity contribution >= 4 is 0 Å².